The van der Waals surface area contributed by atoms with Crippen LogP contribution in [0.15, 0.2) is 18.2 Å². The molecule has 0 saturated carbocycles. The van der Waals surface area contributed by atoms with Gasteiger partial charge in [-0.1, -0.05) is 18.2 Å². The molecule has 0 bridgehead atoms. The van der Waals surface area contributed by atoms with E-state index >= 15 is 0 Å². The monoisotopic (exact) mass is 204 g/mol. The predicted octanol–water partition coefficient (Wildman–Crippen LogP) is 2.14. The van der Waals surface area contributed by atoms with Gasteiger partial charge in [0.1, 0.15) is 0 Å². The summed E-state index contributed by atoms with van der Waals surface area (Å²) in [5, 5.41) is 8.77. The number of aryl methyl sites for hydroxylation is 1. The van der Waals surface area contributed by atoms with Crippen LogP contribution in [-0.2, 0) is 4.79 Å². The Balaban J connectivity index is 2.44. The number of ketones is 1. The molecule has 0 saturated heterocycles. The van der Waals surface area contributed by atoms with Crippen LogP contribution in [0.5, 0.6) is 0 Å². The Labute approximate surface area is 87.7 Å². The maximum atomic E-state index is 11.6. The summed E-state index contributed by atoms with van der Waals surface area (Å²) in [6.45, 7) is 1.92. The number of hydrogen-bond acceptors (Lipinski definition) is 2. The molecule has 15 heavy (non-hydrogen) atoms. The van der Waals surface area contributed by atoms with Crippen LogP contribution < -0.4 is 0 Å². The minimum Gasteiger partial charge on any atom is -0.481 e. The van der Waals surface area contributed by atoms with Gasteiger partial charge in [-0.05, 0) is 18.1 Å². The molecule has 0 aromatic heterocycles. The Morgan fingerprint density at radius 3 is 2.93 bits per heavy atom. The van der Waals surface area contributed by atoms with Crippen LogP contribution in [0, 0.1) is 6.92 Å². The zero-order chi connectivity index (χ0) is 11.0. The smallest absolute Gasteiger partial charge is 0.303 e. The van der Waals surface area contributed by atoms with E-state index in [1.165, 1.54) is 0 Å². The van der Waals surface area contributed by atoms with Gasteiger partial charge >= 0.3 is 5.97 Å². The number of carboxylic acids is 1. The third-order valence-corrected chi connectivity index (χ3v) is 2.89. The molecule has 0 amide bonds. The molecule has 0 spiro atoms. The van der Waals surface area contributed by atoms with Gasteiger partial charge in [0.2, 0.25) is 0 Å². The first-order chi connectivity index (χ1) is 7.09. The van der Waals surface area contributed by atoms with Crippen molar-refractivity contribution < 1.29 is 14.7 Å². The number of carbonyl (C=O) groups excluding carboxylic acids is 1. The Morgan fingerprint density at radius 2 is 2.27 bits per heavy atom. The summed E-state index contributed by atoms with van der Waals surface area (Å²) in [6, 6.07) is 5.55. The van der Waals surface area contributed by atoms with Crippen LogP contribution in [0.4, 0.5) is 0 Å². The molecule has 1 aromatic carbocycles. The van der Waals surface area contributed by atoms with E-state index in [9.17, 15) is 9.59 Å². The van der Waals surface area contributed by atoms with Gasteiger partial charge in [0.25, 0.3) is 0 Å². The summed E-state index contributed by atoms with van der Waals surface area (Å²) < 4.78 is 0. The Bertz CT molecular complexity index is 432. The number of benzene rings is 1. The quantitative estimate of drug-likeness (QED) is 0.802. The summed E-state index contributed by atoms with van der Waals surface area (Å²) in [7, 11) is 0. The number of rotatable bonds is 2. The van der Waals surface area contributed by atoms with Crippen molar-refractivity contribution in [1.82, 2.24) is 0 Å². The SMILES string of the molecule is Cc1cccc2c1C(CC(=O)O)CC2=O. The fourth-order valence-corrected chi connectivity index (χ4v) is 2.29. The lowest BCUT2D eigenvalue weighted by atomic mass is 9.94. The van der Waals surface area contributed by atoms with E-state index in [-0.39, 0.29) is 18.1 Å². The molecular weight excluding hydrogens is 192 g/mol. The van der Waals surface area contributed by atoms with Gasteiger partial charge in [-0.25, -0.2) is 0 Å². The van der Waals surface area contributed by atoms with Crippen LogP contribution in [0.3, 0.4) is 0 Å². The number of carbonyl (C=O) groups is 2. The molecule has 78 valence electrons. The second-order valence-electron chi connectivity index (χ2n) is 3.96. The average molecular weight is 204 g/mol. The van der Waals surface area contributed by atoms with Gasteiger partial charge in [0.05, 0.1) is 6.42 Å². The first-order valence-electron chi connectivity index (χ1n) is 4.94. The Kier molecular flexibility index (Phi) is 2.31. The van der Waals surface area contributed by atoms with Crippen LogP contribution in [0.25, 0.3) is 0 Å². The molecule has 0 heterocycles. The van der Waals surface area contributed by atoms with Crippen molar-refractivity contribution in [3.05, 3.63) is 34.9 Å². The molecule has 0 radical (unpaired) electrons. The van der Waals surface area contributed by atoms with Gasteiger partial charge in [-0.15, -0.1) is 0 Å². The fraction of sp³-hybridized carbons (Fsp3) is 0.333. The highest BCUT2D eigenvalue weighted by Crippen LogP contribution is 2.37. The van der Waals surface area contributed by atoms with Crippen molar-refractivity contribution in [1.29, 1.82) is 0 Å². The topological polar surface area (TPSA) is 54.4 Å². The first kappa shape index (κ1) is 9.90. The van der Waals surface area contributed by atoms with Crippen LogP contribution in [0.1, 0.15) is 40.2 Å². The summed E-state index contributed by atoms with van der Waals surface area (Å²) in [5.41, 5.74) is 2.66. The summed E-state index contributed by atoms with van der Waals surface area (Å²) in [6.07, 6.45) is 0.385. The molecule has 1 aromatic rings. The van der Waals surface area contributed by atoms with Crippen LogP contribution in [0.2, 0.25) is 0 Å². The van der Waals surface area contributed by atoms with Crippen molar-refractivity contribution in [3.8, 4) is 0 Å². The molecule has 1 aliphatic carbocycles. The highest BCUT2D eigenvalue weighted by molar-refractivity contribution is 6.02. The number of fused-ring (bicyclic) bond motifs is 1. The Hall–Kier alpha value is -1.64. The van der Waals surface area contributed by atoms with E-state index in [2.05, 4.69) is 0 Å². The summed E-state index contributed by atoms with van der Waals surface area (Å²) in [4.78, 5) is 22.3. The van der Waals surface area contributed by atoms with Crippen molar-refractivity contribution >= 4 is 11.8 Å². The third-order valence-electron chi connectivity index (χ3n) is 2.89. The zero-order valence-electron chi connectivity index (χ0n) is 8.49. The standard InChI is InChI=1S/C12H12O3/c1-7-3-2-4-9-10(13)5-8(12(7)9)6-11(14)15/h2-4,8H,5-6H2,1H3,(H,14,15). The highest BCUT2D eigenvalue weighted by atomic mass is 16.4. The molecule has 3 heteroatoms. The van der Waals surface area contributed by atoms with E-state index in [0.717, 1.165) is 11.1 Å². The van der Waals surface area contributed by atoms with E-state index < -0.39 is 5.97 Å². The van der Waals surface area contributed by atoms with Crippen molar-refractivity contribution in [2.45, 2.75) is 25.7 Å². The number of Topliss-reactive ketones (excluding diaryl/α,β-unsaturated/α-hetero) is 1. The van der Waals surface area contributed by atoms with E-state index in [1.54, 1.807) is 6.07 Å². The largest absolute Gasteiger partial charge is 0.481 e. The van der Waals surface area contributed by atoms with Crippen LogP contribution >= 0.6 is 0 Å². The second kappa shape index (κ2) is 3.50. The third kappa shape index (κ3) is 1.65. The summed E-state index contributed by atoms with van der Waals surface area (Å²) >= 11 is 0. The lowest BCUT2D eigenvalue weighted by molar-refractivity contribution is -0.137. The van der Waals surface area contributed by atoms with E-state index in [1.807, 2.05) is 19.1 Å². The molecule has 0 aliphatic heterocycles. The molecule has 0 fully saturated rings. The number of aliphatic carboxylic acids is 1. The minimum atomic E-state index is -0.844. The molecule has 3 nitrogen and oxygen atoms in total. The lowest BCUT2D eigenvalue weighted by Crippen LogP contribution is -2.04. The number of carboxylic acid groups (broad SMARTS) is 1. The van der Waals surface area contributed by atoms with Crippen molar-refractivity contribution in [2.24, 2.45) is 0 Å². The highest BCUT2D eigenvalue weighted by Gasteiger charge is 2.31. The molecule has 2 rings (SSSR count). The van der Waals surface area contributed by atoms with Gasteiger partial charge in [0.15, 0.2) is 5.78 Å². The van der Waals surface area contributed by atoms with Gasteiger partial charge in [-0.2, -0.15) is 0 Å². The molecular formula is C12H12O3. The number of hydrogen-bond donors (Lipinski definition) is 1. The fourth-order valence-electron chi connectivity index (χ4n) is 2.29. The van der Waals surface area contributed by atoms with E-state index in [0.29, 0.717) is 12.0 Å². The predicted molar refractivity (Wildman–Crippen MR) is 55.1 cm³/mol. The van der Waals surface area contributed by atoms with Crippen molar-refractivity contribution in [2.75, 3.05) is 0 Å². The lowest BCUT2D eigenvalue weighted by Gasteiger charge is -2.10. The minimum absolute atomic E-state index is 0.0452. The summed E-state index contributed by atoms with van der Waals surface area (Å²) in [5.74, 6) is -0.907. The zero-order valence-corrected chi connectivity index (χ0v) is 8.49. The first-order valence-corrected chi connectivity index (χ1v) is 4.94. The van der Waals surface area contributed by atoms with Crippen molar-refractivity contribution in [3.63, 3.8) is 0 Å². The molecule has 1 aliphatic rings. The average Bonchev–Trinajstić information content (AvgIpc) is 2.44. The van der Waals surface area contributed by atoms with Gasteiger partial charge in [-0.3, -0.25) is 9.59 Å². The normalized spacial score (nSPS) is 19.0. The van der Waals surface area contributed by atoms with E-state index in [4.69, 9.17) is 5.11 Å². The Morgan fingerprint density at radius 1 is 1.53 bits per heavy atom. The molecule has 1 unspecified atom stereocenters. The maximum absolute atomic E-state index is 11.6. The van der Waals surface area contributed by atoms with Gasteiger partial charge in [0, 0.05) is 17.9 Å². The second-order valence-corrected chi connectivity index (χ2v) is 3.96. The van der Waals surface area contributed by atoms with Crippen LogP contribution in [-0.4, -0.2) is 16.9 Å². The maximum Gasteiger partial charge on any atom is 0.303 e. The van der Waals surface area contributed by atoms with Gasteiger partial charge < -0.3 is 5.11 Å². The molecule has 1 N–H and O–H groups in total. The molecule has 1 atom stereocenters.